The fraction of sp³-hybridized carbons (Fsp3) is 0.438. The molecule has 1 unspecified atom stereocenters. The highest BCUT2D eigenvalue weighted by molar-refractivity contribution is 5.47. The van der Waals surface area contributed by atoms with Crippen molar-refractivity contribution in [3.05, 3.63) is 41.6 Å². The van der Waals surface area contributed by atoms with Gasteiger partial charge in [-0.05, 0) is 37.0 Å². The number of aliphatic hydroxyl groups is 1. The molecule has 2 aromatic rings. The third-order valence-electron chi connectivity index (χ3n) is 3.96. The Bertz CT molecular complexity index is 609. The summed E-state index contributed by atoms with van der Waals surface area (Å²) in [6, 6.07) is 8.42. The second-order valence-electron chi connectivity index (χ2n) is 5.30. The summed E-state index contributed by atoms with van der Waals surface area (Å²) in [4.78, 5) is 0. The molecule has 21 heavy (non-hydrogen) atoms. The van der Waals surface area contributed by atoms with Gasteiger partial charge in [-0.1, -0.05) is 12.1 Å². The maximum Gasteiger partial charge on any atom is 0.128 e. The Morgan fingerprint density at radius 2 is 2.38 bits per heavy atom. The van der Waals surface area contributed by atoms with Gasteiger partial charge in [-0.25, -0.2) is 4.68 Å². The molecule has 0 radical (unpaired) electrons. The minimum atomic E-state index is 0.212. The van der Waals surface area contributed by atoms with Crippen molar-refractivity contribution in [2.24, 2.45) is 0 Å². The Hall–Kier alpha value is -2.01. The number of hydrogen-bond acceptors (Lipinski definition) is 4. The van der Waals surface area contributed by atoms with Crippen LogP contribution < -0.4 is 10.1 Å². The van der Waals surface area contributed by atoms with Gasteiger partial charge in [-0.3, -0.25) is 0 Å². The number of aliphatic hydroxyl groups excluding tert-OH is 1. The molecule has 1 aliphatic heterocycles. The van der Waals surface area contributed by atoms with Gasteiger partial charge in [0.2, 0.25) is 0 Å². The van der Waals surface area contributed by atoms with E-state index in [0.29, 0.717) is 0 Å². The molecule has 0 saturated heterocycles. The van der Waals surface area contributed by atoms with Gasteiger partial charge in [0.15, 0.2) is 0 Å². The molecule has 1 aromatic carbocycles. The summed E-state index contributed by atoms with van der Waals surface area (Å²) < 4.78 is 7.38. The summed E-state index contributed by atoms with van der Waals surface area (Å²) in [6.45, 7) is 1.14. The van der Waals surface area contributed by atoms with E-state index in [1.165, 1.54) is 11.1 Å². The van der Waals surface area contributed by atoms with Gasteiger partial charge in [0.1, 0.15) is 11.6 Å². The van der Waals surface area contributed by atoms with E-state index >= 15 is 0 Å². The zero-order chi connectivity index (χ0) is 14.7. The van der Waals surface area contributed by atoms with Crippen LogP contribution in [0.15, 0.2) is 30.5 Å². The van der Waals surface area contributed by atoms with E-state index in [1.807, 2.05) is 18.3 Å². The second kappa shape index (κ2) is 6.18. The van der Waals surface area contributed by atoms with Crippen LogP contribution in [0, 0.1) is 0 Å². The Labute approximate surface area is 124 Å². The number of anilines is 1. The average molecular weight is 287 g/mol. The largest absolute Gasteiger partial charge is 0.497 e. The van der Waals surface area contributed by atoms with Crippen molar-refractivity contribution in [3.8, 4) is 5.75 Å². The third-order valence-corrected chi connectivity index (χ3v) is 3.96. The van der Waals surface area contributed by atoms with E-state index in [4.69, 9.17) is 9.84 Å². The molecule has 2 heterocycles. The topological polar surface area (TPSA) is 59.3 Å². The van der Waals surface area contributed by atoms with Crippen LogP contribution in [0.3, 0.4) is 0 Å². The van der Waals surface area contributed by atoms with Crippen molar-refractivity contribution in [2.45, 2.75) is 25.3 Å². The zero-order valence-electron chi connectivity index (χ0n) is 12.2. The standard InChI is InChI=1S/C16H21N3O2/c1-21-14-6-2-4-12(10-14)15-7-8-17-16-13(5-3-9-20)11-18-19(15)16/h2,4,6,10-11,15,17,20H,3,5,7-9H2,1H3. The van der Waals surface area contributed by atoms with Gasteiger partial charge in [0.05, 0.1) is 19.3 Å². The van der Waals surface area contributed by atoms with Gasteiger partial charge in [-0.15, -0.1) is 0 Å². The van der Waals surface area contributed by atoms with Crippen molar-refractivity contribution in [2.75, 3.05) is 25.6 Å². The Morgan fingerprint density at radius 1 is 1.48 bits per heavy atom. The number of aromatic nitrogens is 2. The van der Waals surface area contributed by atoms with Gasteiger partial charge in [0, 0.05) is 18.7 Å². The van der Waals surface area contributed by atoms with Crippen LogP contribution in [0.25, 0.3) is 0 Å². The van der Waals surface area contributed by atoms with Crippen LogP contribution in [0.2, 0.25) is 0 Å². The average Bonchev–Trinajstić information content (AvgIpc) is 2.96. The molecular formula is C16H21N3O2. The number of benzene rings is 1. The number of nitrogens with zero attached hydrogens (tertiary/aromatic N) is 2. The molecule has 1 atom stereocenters. The third kappa shape index (κ3) is 2.74. The van der Waals surface area contributed by atoms with E-state index < -0.39 is 0 Å². The first-order valence-electron chi connectivity index (χ1n) is 7.38. The van der Waals surface area contributed by atoms with Gasteiger partial charge >= 0.3 is 0 Å². The number of ether oxygens (including phenoxy) is 1. The first kappa shape index (κ1) is 13.9. The van der Waals surface area contributed by atoms with Gasteiger partial charge < -0.3 is 15.2 Å². The molecular weight excluding hydrogens is 266 g/mol. The molecule has 0 bridgehead atoms. The zero-order valence-corrected chi connectivity index (χ0v) is 12.2. The molecule has 1 aliphatic rings. The monoisotopic (exact) mass is 287 g/mol. The number of methoxy groups -OCH3 is 1. The number of aryl methyl sites for hydroxylation is 1. The van der Waals surface area contributed by atoms with Crippen LogP contribution >= 0.6 is 0 Å². The minimum absolute atomic E-state index is 0.212. The van der Waals surface area contributed by atoms with E-state index in [9.17, 15) is 0 Å². The molecule has 0 amide bonds. The molecule has 0 spiro atoms. The summed E-state index contributed by atoms with van der Waals surface area (Å²) >= 11 is 0. The number of hydrogen-bond donors (Lipinski definition) is 2. The summed E-state index contributed by atoms with van der Waals surface area (Å²) in [5.74, 6) is 1.96. The summed E-state index contributed by atoms with van der Waals surface area (Å²) in [7, 11) is 1.69. The van der Waals surface area contributed by atoms with Crippen LogP contribution in [-0.4, -0.2) is 35.1 Å². The molecule has 3 rings (SSSR count). The number of nitrogens with one attached hydrogen (secondary N) is 1. The second-order valence-corrected chi connectivity index (χ2v) is 5.30. The molecule has 0 fully saturated rings. The highest BCUT2D eigenvalue weighted by Crippen LogP contribution is 2.32. The number of rotatable bonds is 5. The Balaban J connectivity index is 1.91. The van der Waals surface area contributed by atoms with Crippen LogP contribution in [-0.2, 0) is 6.42 Å². The minimum Gasteiger partial charge on any atom is -0.497 e. The number of fused-ring (bicyclic) bond motifs is 1. The highest BCUT2D eigenvalue weighted by Gasteiger charge is 2.24. The molecule has 0 aliphatic carbocycles. The summed E-state index contributed by atoms with van der Waals surface area (Å²) in [5, 5.41) is 17.0. The molecule has 0 saturated carbocycles. The van der Waals surface area contributed by atoms with Crippen molar-refractivity contribution in [1.82, 2.24) is 9.78 Å². The maximum absolute atomic E-state index is 9.00. The van der Waals surface area contributed by atoms with Crippen molar-refractivity contribution >= 4 is 5.82 Å². The fourth-order valence-electron chi connectivity index (χ4n) is 2.89. The molecule has 2 N–H and O–H groups in total. The first-order chi connectivity index (χ1) is 10.3. The van der Waals surface area contributed by atoms with E-state index in [0.717, 1.165) is 37.4 Å². The quantitative estimate of drug-likeness (QED) is 0.885. The van der Waals surface area contributed by atoms with Crippen molar-refractivity contribution in [1.29, 1.82) is 0 Å². The lowest BCUT2D eigenvalue weighted by Crippen LogP contribution is -2.24. The van der Waals surface area contributed by atoms with E-state index in [1.54, 1.807) is 7.11 Å². The predicted octanol–water partition coefficient (Wildman–Crippen LogP) is 2.22. The van der Waals surface area contributed by atoms with E-state index in [-0.39, 0.29) is 12.6 Å². The molecule has 5 heteroatoms. The Morgan fingerprint density at radius 3 is 3.19 bits per heavy atom. The predicted molar refractivity (Wildman–Crippen MR) is 81.9 cm³/mol. The SMILES string of the molecule is COc1cccc(C2CCNc3c(CCCO)cnn32)c1. The maximum atomic E-state index is 9.00. The van der Waals surface area contributed by atoms with E-state index in [2.05, 4.69) is 27.2 Å². The van der Waals surface area contributed by atoms with Gasteiger partial charge in [-0.2, -0.15) is 5.10 Å². The van der Waals surface area contributed by atoms with Crippen molar-refractivity contribution < 1.29 is 9.84 Å². The first-order valence-corrected chi connectivity index (χ1v) is 7.38. The van der Waals surface area contributed by atoms with Crippen LogP contribution in [0.1, 0.15) is 30.0 Å². The normalized spacial score (nSPS) is 17.1. The fourth-order valence-corrected chi connectivity index (χ4v) is 2.89. The Kier molecular flexibility index (Phi) is 4.10. The molecule has 1 aromatic heterocycles. The molecule has 112 valence electrons. The van der Waals surface area contributed by atoms with Crippen LogP contribution in [0.4, 0.5) is 5.82 Å². The summed E-state index contributed by atoms with van der Waals surface area (Å²) in [5.41, 5.74) is 2.39. The lowest BCUT2D eigenvalue weighted by molar-refractivity contribution is 0.288. The lowest BCUT2D eigenvalue weighted by atomic mass is 10.0. The highest BCUT2D eigenvalue weighted by atomic mass is 16.5. The smallest absolute Gasteiger partial charge is 0.128 e. The van der Waals surface area contributed by atoms with Gasteiger partial charge in [0.25, 0.3) is 0 Å². The van der Waals surface area contributed by atoms with Crippen molar-refractivity contribution in [3.63, 3.8) is 0 Å². The summed E-state index contributed by atoms with van der Waals surface area (Å²) in [6.07, 6.45) is 4.53. The molecule has 5 nitrogen and oxygen atoms in total. The van der Waals surface area contributed by atoms with Crippen LogP contribution in [0.5, 0.6) is 5.75 Å². The lowest BCUT2D eigenvalue weighted by Gasteiger charge is -2.27.